The number of anilines is 1. The van der Waals surface area contributed by atoms with Crippen LogP contribution in [0.3, 0.4) is 0 Å². The molecule has 8 heteroatoms. The number of rotatable bonds is 6. The summed E-state index contributed by atoms with van der Waals surface area (Å²) >= 11 is 0. The third-order valence-corrected chi connectivity index (χ3v) is 4.28. The van der Waals surface area contributed by atoms with E-state index in [4.69, 9.17) is 0 Å². The molecule has 0 unspecified atom stereocenters. The van der Waals surface area contributed by atoms with E-state index in [0.717, 1.165) is 5.56 Å². The van der Waals surface area contributed by atoms with Crippen molar-refractivity contribution in [3.63, 3.8) is 0 Å². The van der Waals surface area contributed by atoms with E-state index in [1.165, 1.54) is 6.08 Å². The van der Waals surface area contributed by atoms with Gasteiger partial charge in [0.05, 0.1) is 17.5 Å². The minimum absolute atomic E-state index is 0.202. The van der Waals surface area contributed by atoms with Crippen LogP contribution >= 0.6 is 0 Å². The minimum Gasteiger partial charge on any atom is -0.347 e. The van der Waals surface area contributed by atoms with E-state index in [2.05, 4.69) is 25.6 Å². The summed E-state index contributed by atoms with van der Waals surface area (Å²) in [6.45, 7) is 6.45. The first-order valence-corrected chi connectivity index (χ1v) is 10.0. The number of hydrogen-bond donors (Lipinski definition) is 3. The van der Waals surface area contributed by atoms with E-state index >= 15 is 0 Å². The van der Waals surface area contributed by atoms with Crippen molar-refractivity contribution < 1.29 is 9.59 Å². The fraction of sp³-hybridized carbons (Fsp3) is 0.304. The molecule has 0 saturated carbocycles. The molecule has 2 amide bonds. The zero-order chi connectivity index (χ0) is 22.6. The molecule has 0 atom stereocenters. The summed E-state index contributed by atoms with van der Waals surface area (Å²) in [5.41, 5.74) is 3.16. The van der Waals surface area contributed by atoms with E-state index in [-0.39, 0.29) is 17.4 Å². The van der Waals surface area contributed by atoms with E-state index in [1.54, 1.807) is 18.5 Å². The maximum atomic E-state index is 12.6. The van der Waals surface area contributed by atoms with Crippen LogP contribution in [0.2, 0.25) is 0 Å². The maximum Gasteiger partial charge on any atom is 0.255 e. The van der Waals surface area contributed by atoms with Crippen molar-refractivity contribution in [3.8, 4) is 11.3 Å². The predicted molar refractivity (Wildman–Crippen MR) is 123 cm³/mol. The van der Waals surface area contributed by atoms with Crippen LogP contribution in [0.5, 0.6) is 0 Å². The minimum atomic E-state index is -0.362. The van der Waals surface area contributed by atoms with Crippen molar-refractivity contribution in [1.82, 2.24) is 25.2 Å². The highest BCUT2D eigenvalue weighted by Crippen LogP contribution is 2.24. The van der Waals surface area contributed by atoms with E-state index in [9.17, 15) is 9.59 Å². The average Bonchev–Trinajstić information content (AvgIpc) is 3.10. The normalized spacial score (nSPS) is 11.9. The number of carbonyl (C=O) groups excluding carboxylic acids is 2. The first-order chi connectivity index (χ1) is 14.6. The second kappa shape index (κ2) is 9.09. The second-order valence-electron chi connectivity index (χ2n) is 8.59. The molecule has 3 aromatic rings. The van der Waals surface area contributed by atoms with E-state index in [1.807, 2.05) is 64.0 Å². The number of fused-ring (bicyclic) bond motifs is 1. The number of aromatic nitrogens is 3. The van der Waals surface area contributed by atoms with Crippen LogP contribution in [0, 0.1) is 0 Å². The zero-order valence-corrected chi connectivity index (χ0v) is 18.5. The Morgan fingerprint density at radius 3 is 2.71 bits per heavy atom. The Morgan fingerprint density at radius 2 is 2.00 bits per heavy atom. The smallest absolute Gasteiger partial charge is 0.255 e. The SMILES string of the molecule is CN(C)CC=CC(=O)Nc1cccc(-c2cnc3[nH]cc(C(=O)NC(C)(C)C)c3n2)c1. The molecule has 3 rings (SSSR count). The number of H-pyrrole nitrogens is 1. The first-order valence-electron chi connectivity index (χ1n) is 10.0. The second-order valence-corrected chi connectivity index (χ2v) is 8.59. The quantitative estimate of drug-likeness (QED) is 0.532. The molecular weight excluding hydrogens is 392 g/mol. The number of hydrogen-bond acceptors (Lipinski definition) is 5. The number of carbonyl (C=O) groups is 2. The highest BCUT2D eigenvalue weighted by molar-refractivity contribution is 6.05. The van der Waals surface area contributed by atoms with Gasteiger partial charge in [0, 0.05) is 35.6 Å². The summed E-state index contributed by atoms with van der Waals surface area (Å²) in [7, 11) is 3.87. The predicted octanol–water partition coefficient (Wildman–Crippen LogP) is 3.21. The van der Waals surface area contributed by atoms with Crippen LogP contribution in [-0.4, -0.2) is 57.8 Å². The topological polar surface area (TPSA) is 103 Å². The van der Waals surface area contributed by atoms with Gasteiger partial charge in [-0.3, -0.25) is 9.59 Å². The standard InChI is InChI=1S/C23H28N6O2/c1-23(2,3)28-22(31)17-13-24-21-20(17)27-18(14-25-21)15-8-6-9-16(12-15)26-19(30)10-7-11-29(4)5/h6-10,12-14H,11H2,1-5H3,(H,24,25)(H,26,30)(H,28,31). The third kappa shape index (κ3) is 5.99. The summed E-state index contributed by atoms with van der Waals surface area (Å²) in [6, 6.07) is 7.36. The largest absolute Gasteiger partial charge is 0.347 e. The van der Waals surface area contributed by atoms with Crippen LogP contribution in [0.1, 0.15) is 31.1 Å². The van der Waals surface area contributed by atoms with Gasteiger partial charge in [0.25, 0.3) is 5.91 Å². The molecule has 0 bridgehead atoms. The fourth-order valence-electron chi connectivity index (χ4n) is 2.92. The van der Waals surface area contributed by atoms with Gasteiger partial charge < -0.3 is 20.5 Å². The van der Waals surface area contributed by atoms with Crippen molar-refractivity contribution >= 4 is 28.7 Å². The van der Waals surface area contributed by atoms with E-state index in [0.29, 0.717) is 34.7 Å². The van der Waals surface area contributed by atoms with Crippen molar-refractivity contribution in [3.05, 3.63) is 54.4 Å². The summed E-state index contributed by atoms with van der Waals surface area (Å²) in [5.74, 6) is -0.414. The van der Waals surface area contributed by atoms with Gasteiger partial charge >= 0.3 is 0 Å². The molecule has 0 aliphatic carbocycles. The first kappa shape index (κ1) is 22.2. The third-order valence-electron chi connectivity index (χ3n) is 4.28. The van der Waals surface area contributed by atoms with Crippen LogP contribution in [-0.2, 0) is 4.79 Å². The van der Waals surface area contributed by atoms with Gasteiger partial charge in [0.2, 0.25) is 5.91 Å². The van der Waals surface area contributed by atoms with Crippen molar-refractivity contribution in [1.29, 1.82) is 0 Å². The van der Waals surface area contributed by atoms with Gasteiger partial charge in [-0.2, -0.15) is 0 Å². The number of aromatic amines is 1. The van der Waals surface area contributed by atoms with Crippen LogP contribution < -0.4 is 10.6 Å². The lowest BCUT2D eigenvalue weighted by Crippen LogP contribution is -2.40. The van der Waals surface area contributed by atoms with Crippen molar-refractivity contribution in [2.45, 2.75) is 26.3 Å². The van der Waals surface area contributed by atoms with Gasteiger partial charge in [-0.15, -0.1) is 0 Å². The Hall–Kier alpha value is -3.52. The summed E-state index contributed by atoms with van der Waals surface area (Å²) in [5, 5.41) is 5.79. The molecule has 162 valence electrons. The fourth-order valence-corrected chi connectivity index (χ4v) is 2.92. The molecule has 0 radical (unpaired) electrons. The van der Waals surface area contributed by atoms with Crippen LogP contribution in [0.4, 0.5) is 5.69 Å². The number of amides is 2. The Bertz CT molecular complexity index is 1120. The Labute approximate surface area is 181 Å². The highest BCUT2D eigenvalue weighted by atomic mass is 16.2. The maximum absolute atomic E-state index is 12.6. The lowest BCUT2D eigenvalue weighted by Gasteiger charge is -2.20. The van der Waals surface area contributed by atoms with E-state index < -0.39 is 0 Å². The Balaban J connectivity index is 1.84. The Morgan fingerprint density at radius 1 is 1.23 bits per heavy atom. The molecule has 0 aliphatic rings. The molecule has 0 saturated heterocycles. The molecular formula is C23H28N6O2. The monoisotopic (exact) mass is 420 g/mol. The number of benzene rings is 1. The van der Waals surface area contributed by atoms with Crippen molar-refractivity contribution in [2.75, 3.05) is 26.0 Å². The van der Waals surface area contributed by atoms with Crippen molar-refractivity contribution in [2.24, 2.45) is 0 Å². The Kier molecular flexibility index (Phi) is 6.50. The lowest BCUT2D eigenvalue weighted by molar-refractivity contribution is -0.111. The molecule has 3 N–H and O–H groups in total. The average molecular weight is 421 g/mol. The van der Waals surface area contributed by atoms with Gasteiger partial charge in [0.1, 0.15) is 5.52 Å². The van der Waals surface area contributed by atoms with Gasteiger partial charge in [0.15, 0.2) is 5.65 Å². The molecule has 0 aliphatic heterocycles. The van der Waals surface area contributed by atoms with Gasteiger partial charge in [-0.1, -0.05) is 18.2 Å². The molecule has 31 heavy (non-hydrogen) atoms. The zero-order valence-electron chi connectivity index (χ0n) is 18.5. The molecule has 8 nitrogen and oxygen atoms in total. The summed E-state index contributed by atoms with van der Waals surface area (Å²) in [4.78, 5) is 38.8. The number of nitrogens with one attached hydrogen (secondary N) is 3. The number of nitrogens with zero attached hydrogens (tertiary/aromatic N) is 3. The molecule has 2 aromatic heterocycles. The number of likely N-dealkylation sites (N-methyl/N-ethyl adjacent to an activating group) is 1. The molecule has 2 heterocycles. The van der Waals surface area contributed by atoms with Gasteiger partial charge in [-0.25, -0.2) is 9.97 Å². The summed E-state index contributed by atoms with van der Waals surface area (Å²) in [6.07, 6.45) is 6.57. The molecule has 0 fully saturated rings. The highest BCUT2D eigenvalue weighted by Gasteiger charge is 2.20. The van der Waals surface area contributed by atoms with Crippen LogP contribution in [0.25, 0.3) is 22.4 Å². The van der Waals surface area contributed by atoms with Crippen LogP contribution in [0.15, 0.2) is 48.8 Å². The molecule has 1 aromatic carbocycles. The van der Waals surface area contributed by atoms with Gasteiger partial charge in [-0.05, 0) is 47.0 Å². The molecule has 0 spiro atoms. The lowest BCUT2D eigenvalue weighted by atomic mass is 10.1. The summed E-state index contributed by atoms with van der Waals surface area (Å²) < 4.78 is 0.